The lowest BCUT2D eigenvalue weighted by molar-refractivity contribution is -0.173. The van der Waals surface area contributed by atoms with Gasteiger partial charge >= 0.3 is 11.9 Å². The fourth-order valence-corrected chi connectivity index (χ4v) is 1.40. The van der Waals surface area contributed by atoms with Crippen molar-refractivity contribution < 1.29 is 19.1 Å². The molecule has 0 aromatic carbocycles. The van der Waals surface area contributed by atoms with Crippen LogP contribution in [-0.2, 0) is 19.1 Å². The first-order chi connectivity index (χ1) is 8.16. The first-order valence-corrected chi connectivity index (χ1v) is 6.33. The normalized spacial score (nSPS) is 16.3. The molecule has 2 N–H and O–H groups in total. The summed E-state index contributed by atoms with van der Waals surface area (Å²) in [7, 11) is 0. The van der Waals surface area contributed by atoms with Gasteiger partial charge in [-0.1, -0.05) is 27.7 Å². The molecule has 106 valence electrons. The Morgan fingerprint density at radius 2 is 1.39 bits per heavy atom. The van der Waals surface area contributed by atoms with Crippen molar-refractivity contribution in [3.8, 4) is 0 Å². The van der Waals surface area contributed by atoms with E-state index in [1.807, 2.05) is 13.8 Å². The third-order valence-corrected chi connectivity index (χ3v) is 2.52. The number of esters is 2. The predicted molar refractivity (Wildman–Crippen MR) is 68.8 cm³/mol. The van der Waals surface area contributed by atoms with Crippen molar-refractivity contribution in [2.24, 2.45) is 17.6 Å². The number of rotatable bonds is 6. The van der Waals surface area contributed by atoms with Crippen molar-refractivity contribution in [2.75, 3.05) is 0 Å². The van der Waals surface area contributed by atoms with E-state index in [0.29, 0.717) is 0 Å². The topological polar surface area (TPSA) is 78.6 Å². The molecule has 0 unspecified atom stereocenters. The van der Waals surface area contributed by atoms with Crippen LogP contribution >= 0.6 is 0 Å². The Labute approximate surface area is 109 Å². The minimum absolute atomic E-state index is 0.0589. The second-order valence-corrected chi connectivity index (χ2v) is 5.23. The molecule has 3 atom stereocenters. The van der Waals surface area contributed by atoms with Crippen molar-refractivity contribution in [2.45, 2.75) is 59.8 Å². The summed E-state index contributed by atoms with van der Waals surface area (Å²) in [6.07, 6.45) is -0.964. The summed E-state index contributed by atoms with van der Waals surface area (Å²) in [5.74, 6) is -0.933. The maximum absolute atomic E-state index is 11.6. The summed E-state index contributed by atoms with van der Waals surface area (Å²) in [6, 6.07) is -0.680. The molecule has 0 rings (SSSR count). The van der Waals surface area contributed by atoms with E-state index < -0.39 is 24.2 Å². The van der Waals surface area contributed by atoms with Gasteiger partial charge in [0.15, 0.2) is 0 Å². The highest BCUT2D eigenvalue weighted by molar-refractivity contribution is 5.75. The highest BCUT2D eigenvalue weighted by atomic mass is 16.6. The second-order valence-electron chi connectivity index (χ2n) is 5.23. The number of carbonyl (C=O) groups is 2. The van der Waals surface area contributed by atoms with E-state index in [9.17, 15) is 9.59 Å². The quantitative estimate of drug-likeness (QED) is 0.731. The molecule has 0 saturated carbocycles. The van der Waals surface area contributed by atoms with E-state index in [1.165, 1.54) is 0 Å². The largest absolute Gasteiger partial charge is 0.458 e. The van der Waals surface area contributed by atoms with Gasteiger partial charge in [-0.3, -0.25) is 9.59 Å². The predicted octanol–water partition coefficient (Wildman–Crippen LogP) is 1.49. The van der Waals surface area contributed by atoms with Gasteiger partial charge in [-0.05, 0) is 19.8 Å². The Morgan fingerprint density at radius 3 is 1.72 bits per heavy atom. The minimum Gasteiger partial charge on any atom is -0.458 e. The summed E-state index contributed by atoms with van der Waals surface area (Å²) in [5.41, 5.74) is 5.43. The first kappa shape index (κ1) is 16.9. The smallest absolute Gasteiger partial charge is 0.323 e. The highest BCUT2D eigenvalue weighted by Gasteiger charge is 2.29. The van der Waals surface area contributed by atoms with E-state index >= 15 is 0 Å². The number of ether oxygens (including phenoxy) is 2. The molecule has 0 radical (unpaired) electrons. The van der Waals surface area contributed by atoms with Crippen LogP contribution in [0.3, 0.4) is 0 Å². The monoisotopic (exact) mass is 259 g/mol. The number of hydrogen-bond acceptors (Lipinski definition) is 5. The summed E-state index contributed by atoms with van der Waals surface area (Å²) in [4.78, 5) is 23.0. The molecule has 0 bridgehead atoms. The van der Waals surface area contributed by atoms with Crippen LogP contribution in [0.15, 0.2) is 0 Å². The van der Waals surface area contributed by atoms with Gasteiger partial charge in [-0.25, -0.2) is 0 Å². The molecule has 0 aromatic rings. The van der Waals surface area contributed by atoms with Gasteiger partial charge in [-0.15, -0.1) is 0 Å². The van der Waals surface area contributed by atoms with Gasteiger partial charge < -0.3 is 15.2 Å². The van der Waals surface area contributed by atoms with Gasteiger partial charge in [0.1, 0.15) is 18.2 Å². The maximum Gasteiger partial charge on any atom is 0.323 e. The van der Waals surface area contributed by atoms with E-state index in [-0.39, 0.29) is 17.8 Å². The summed E-state index contributed by atoms with van der Waals surface area (Å²) in [5, 5.41) is 0. The Kier molecular flexibility index (Phi) is 6.91. The lowest BCUT2D eigenvalue weighted by Gasteiger charge is -2.28. The lowest BCUT2D eigenvalue weighted by atomic mass is 10.0. The van der Waals surface area contributed by atoms with E-state index in [2.05, 4.69) is 0 Å². The molecule has 0 aromatic heterocycles. The van der Waals surface area contributed by atoms with E-state index in [1.54, 1.807) is 27.7 Å². The SMILES string of the molecule is CC(C)C(=O)O[C@H](C(C)C)[C@H](C)OC(=O)[C@H](C)N. The van der Waals surface area contributed by atoms with E-state index in [0.717, 1.165) is 0 Å². The van der Waals surface area contributed by atoms with Crippen LogP contribution in [0.25, 0.3) is 0 Å². The number of nitrogens with two attached hydrogens (primary N) is 1. The molecule has 0 aliphatic heterocycles. The van der Waals surface area contributed by atoms with Crippen molar-refractivity contribution in [3.63, 3.8) is 0 Å². The summed E-state index contributed by atoms with van der Waals surface area (Å²) >= 11 is 0. The van der Waals surface area contributed by atoms with Crippen LogP contribution < -0.4 is 5.73 Å². The average Bonchev–Trinajstić information content (AvgIpc) is 2.24. The third kappa shape index (κ3) is 5.49. The van der Waals surface area contributed by atoms with Crippen molar-refractivity contribution in [1.82, 2.24) is 0 Å². The zero-order valence-electron chi connectivity index (χ0n) is 12.1. The average molecular weight is 259 g/mol. The fourth-order valence-electron chi connectivity index (χ4n) is 1.40. The molecule has 0 heterocycles. The fraction of sp³-hybridized carbons (Fsp3) is 0.846. The Morgan fingerprint density at radius 1 is 0.889 bits per heavy atom. The van der Waals surface area contributed by atoms with Crippen LogP contribution in [0.1, 0.15) is 41.5 Å². The molecule has 18 heavy (non-hydrogen) atoms. The zero-order valence-corrected chi connectivity index (χ0v) is 12.1. The standard InChI is InChI=1S/C13H25NO4/c1-7(2)11(18-12(15)8(3)4)10(6)17-13(16)9(5)14/h7-11H,14H2,1-6H3/t9-,10-,11+/m0/s1. The van der Waals surface area contributed by atoms with E-state index in [4.69, 9.17) is 15.2 Å². The minimum atomic E-state index is -0.680. The molecule has 0 saturated heterocycles. The molecule has 0 aliphatic carbocycles. The molecule has 0 spiro atoms. The Balaban J connectivity index is 4.60. The number of carbonyl (C=O) groups excluding carboxylic acids is 2. The van der Waals surface area contributed by atoms with Crippen LogP contribution in [0.4, 0.5) is 0 Å². The lowest BCUT2D eigenvalue weighted by Crippen LogP contribution is -2.41. The van der Waals surface area contributed by atoms with Crippen molar-refractivity contribution in [3.05, 3.63) is 0 Å². The summed E-state index contributed by atoms with van der Waals surface area (Å²) in [6.45, 7) is 10.6. The van der Waals surface area contributed by atoms with Crippen LogP contribution in [0, 0.1) is 11.8 Å². The van der Waals surface area contributed by atoms with Crippen LogP contribution in [-0.4, -0.2) is 30.2 Å². The molecule has 0 aliphatic rings. The van der Waals surface area contributed by atoms with Crippen LogP contribution in [0.5, 0.6) is 0 Å². The summed E-state index contributed by atoms with van der Waals surface area (Å²) < 4.78 is 10.5. The Hall–Kier alpha value is -1.10. The van der Waals surface area contributed by atoms with Gasteiger partial charge in [0.2, 0.25) is 0 Å². The molecule has 5 nitrogen and oxygen atoms in total. The first-order valence-electron chi connectivity index (χ1n) is 6.33. The number of hydrogen-bond donors (Lipinski definition) is 1. The molecule has 0 fully saturated rings. The zero-order chi connectivity index (χ0) is 14.5. The molecule has 5 heteroatoms. The van der Waals surface area contributed by atoms with Gasteiger partial charge in [0.25, 0.3) is 0 Å². The Bertz CT molecular complexity index is 287. The van der Waals surface area contributed by atoms with Crippen molar-refractivity contribution in [1.29, 1.82) is 0 Å². The highest BCUT2D eigenvalue weighted by Crippen LogP contribution is 2.16. The molecule has 0 amide bonds. The third-order valence-electron chi connectivity index (χ3n) is 2.52. The molecular formula is C13H25NO4. The van der Waals surface area contributed by atoms with Crippen molar-refractivity contribution >= 4 is 11.9 Å². The van der Waals surface area contributed by atoms with Gasteiger partial charge in [0.05, 0.1) is 5.92 Å². The second kappa shape index (κ2) is 7.36. The molecular weight excluding hydrogens is 234 g/mol. The maximum atomic E-state index is 11.6. The van der Waals surface area contributed by atoms with Gasteiger partial charge in [-0.2, -0.15) is 0 Å². The van der Waals surface area contributed by atoms with Crippen LogP contribution in [0.2, 0.25) is 0 Å². The van der Waals surface area contributed by atoms with Gasteiger partial charge in [0, 0.05) is 0 Å².